The largest absolute Gasteiger partial charge is 0.456 e. The van der Waals surface area contributed by atoms with E-state index < -0.39 is 35.6 Å². The summed E-state index contributed by atoms with van der Waals surface area (Å²) in [5, 5.41) is 13.3. The van der Waals surface area contributed by atoms with Crippen molar-refractivity contribution < 1.29 is 37.4 Å². The number of aromatic nitrogens is 5. The highest BCUT2D eigenvalue weighted by Gasteiger charge is 2.33. The fourth-order valence-electron chi connectivity index (χ4n) is 8.34. The number of fused-ring (bicyclic) bond motifs is 2. The molecule has 2 fully saturated rings. The third kappa shape index (κ3) is 8.91. The molecule has 0 atom stereocenters. The Morgan fingerprint density at radius 2 is 1.77 bits per heavy atom. The highest BCUT2D eigenvalue weighted by Crippen LogP contribution is 2.36. The number of rotatable bonds is 15. The maximum absolute atomic E-state index is 14.2. The van der Waals surface area contributed by atoms with Crippen LogP contribution in [0.4, 0.5) is 20.3 Å². The van der Waals surface area contributed by atoms with Crippen LogP contribution in [-0.4, -0.2) is 99.2 Å². The van der Waals surface area contributed by atoms with Crippen LogP contribution < -0.4 is 20.3 Å². The topological polar surface area (TPSA) is 165 Å². The van der Waals surface area contributed by atoms with E-state index in [4.69, 9.17) is 9.47 Å². The molecule has 5 heterocycles. The van der Waals surface area contributed by atoms with E-state index in [1.807, 2.05) is 30.3 Å². The van der Waals surface area contributed by atoms with E-state index in [-0.39, 0.29) is 34.2 Å². The van der Waals surface area contributed by atoms with Crippen LogP contribution in [0.15, 0.2) is 67.1 Å². The number of alkyl halides is 2. The number of imide groups is 1. The summed E-state index contributed by atoms with van der Waals surface area (Å²) in [7, 11) is 2.13. The van der Waals surface area contributed by atoms with Crippen molar-refractivity contribution in [3.05, 3.63) is 95.1 Å². The summed E-state index contributed by atoms with van der Waals surface area (Å²) >= 11 is 0. The molecule has 17 heteroatoms. The Bertz CT molecular complexity index is 2390. The van der Waals surface area contributed by atoms with Gasteiger partial charge in [0.25, 0.3) is 29.9 Å². The normalized spacial score (nSPS) is 18.3. The fraction of sp³-hybridized carbons (Fsp3) is 0.419. The van der Waals surface area contributed by atoms with Crippen molar-refractivity contribution in [1.82, 2.24) is 34.6 Å². The Morgan fingerprint density at radius 3 is 2.57 bits per heavy atom. The molecule has 1 saturated heterocycles. The third-order valence-corrected chi connectivity index (χ3v) is 11.5. The van der Waals surface area contributed by atoms with Crippen molar-refractivity contribution in [2.45, 2.75) is 63.8 Å². The average Bonchev–Trinajstić information content (AvgIpc) is 3.88. The second-order valence-electron chi connectivity index (χ2n) is 15.6. The van der Waals surface area contributed by atoms with Crippen molar-refractivity contribution in [2.75, 3.05) is 56.7 Å². The minimum atomic E-state index is -2.86. The molecule has 0 unspecified atom stereocenters. The second-order valence-corrected chi connectivity index (χ2v) is 15.6. The van der Waals surface area contributed by atoms with Crippen LogP contribution in [0.3, 0.4) is 0 Å². The molecule has 0 spiro atoms. The quantitative estimate of drug-likeness (QED) is 0.0695. The number of nitrogens with zero attached hydrogens (tertiary/aromatic N) is 7. The van der Waals surface area contributed by atoms with Gasteiger partial charge < -0.3 is 24.6 Å². The van der Waals surface area contributed by atoms with E-state index in [2.05, 4.69) is 42.7 Å². The number of hydrogen-bond donors (Lipinski definition) is 2. The Morgan fingerprint density at radius 1 is 0.983 bits per heavy atom. The number of halogens is 2. The summed E-state index contributed by atoms with van der Waals surface area (Å²) < 4.78 is 43.1. The number of anilines is 2. The molecular weight excluding hydrogens is 777 g/mol. The lowest BCUT2D eigenvalue weighted by Crippen LogP contribution is -2.42. The number of para-hydroxylation sites is 1. The van der Waals surface area contributed by atoms with Crippen molar-refractivity contribution in [2.24, 2.45) is 5.92 Å². The van der Waals surface area contributed by atoms with Crippen LogP contribution in [0, 0.1) is 5.92 Å². The number of ether oxygens (including phenoxy) is 2. The van der Waals surface area contributed by atoms with E-state index in [1.165, 1.54) is 23.0 Å². The molecule has 2 N–H and O–H groups in total. The number of aryl methyl sites for hydroxylation is 1. The summed E-state index contributed by atoms with van der Waals surface area (Å²) in [6.45, 7) is 4.39. The predicted molar refractivity (Wildman–Crippen MR) is 217 cm³/mol. The van der Waals surface area contributed by atoms with Crippen LogP contribution in [0.2, 0.25) is 0 Å². The van der Waals surface area contributed by atoms with Crippen LogP contribution >= 0.6 is 0 Å². The van der Waals surface area contributed by atoms with Gasteiger partial charge in [0.05, 0.1) is 36.7 Å². The van der Waals surface area contributed by atoms with Gasteiger partial charge in [0.1, 0.15) is 22.9 Å². The summed E-state index contributed by atoms with van der Waals surface area (Å²) in [6, 6.07) is 14.0. The highest BCUT2D eigenvalue weighted by molar-refractivity contribution is 6.49. The molecule has 2 aromatic carbocycles. The van der Waals surface area contributed by atoms with Crippen molar-refractivity contribution in [3.8, 4) is 11.5 Å². The van der Waals surface area contributed by atoms with Crippen LogP contribution in [0.5, 0.6) is 11.5 Å². The van der Waals surface area contributed by atoms with Gasteiger partial charge in [-0.05, 0) is 94.3 Å². The zero-order valence-corrected chi connectivity index (χ0v) is 33.3. The minimum Gasteiger partial charge on any atom is -0.456 e. The van der Waals surface area contributed by atoms with E-state index in [1.54, 1.807) is 23.0 Å². The maximum atomic E-state index is 14.2. The number of morpholine rings is 1. The van der Waals surface area contributed by atoms with E-state index in [9.17, 15) is 28.0 Å². The van der Waals surface area contributed by atoms with Crippen LogP contribution in [0.1, 0.15) is 99.7 Å². The zero-order valence-electron chi connectivity index (χ0n) is 33.3. The first-order chi connectivity index (χ1) is 29.1. The molecule has 2 aliphatic heterocycles. The monoisotopic (exact) mass is 823 g/mol. The first-order valence-electron chi connectivity index (χ1n) is 20.5. The maximum Gasteiger partial charge on any atom is 0.299 e. The first kappa shape index (κ1) is 40.7. The highest BCUT2D eigenvalue weighted by atomic mass is 19.3. The number of hydrogen-bond acceptors (Lipinski definition) is 11. The lowest BCUT2D eigenvalue weighted by molar-refractivity contribution is -0.116. The molecule has 8 rings (SSSR count). The van der Waals surface area contributed by atoms with Crippen LogP contribution in [0.25, 0.3) is 5.65 Å². The SMILES string of the molecule is CN(CCCCCc1ccccc1Oc1cccc2c1C(=O)NC(=O)C2=O)C[C@H]1CC[C@H](n2cc(NC(=O)c3cnn4ccc(N5CCOCC5)nc34)c(C(F)F)n2)CC1. The molecule has 1 aliphatic carbocycles. The molecule has 3 amide bonds. The average molecular weight is 824 g/mol. The lowest BCUT2D eigenvalue weighted by Gasteiger charge is -2.31. The summed E-state index contributed by atoms with van der Waals surface area (Å²) in [4.78, 5) is 59.3. The zero-order chi connectivity index (χ0) is 41.8. The molecule has 15 nitrogen and oxygen atoms in total. The van der Waals surface area contributed by atoms with E-state index in [0.717, 1.165) is 70.0 Å². The molecule has 0 bridgehead atoms. The fourth-order valence-corrected chi connectivity index (χ4v) is 8.34. The molecule has 1 saturated carbocycles. The van der Waals surface area contributed by atoms with Gasteiger partial charge in [-0.3, -0.25) is 29.2 Å². The molecule has 5 aromatic rings. The number of carbonyl (C=O) groups is 4. The Hall–Kier alpha value is -6.07. The van der Waals surface area contributed by atoms with Gasteiger partial charge in [0.15, 0.2) is 11.3 Å². The minimum absolute atomic E-state index is 0.0169. The van der Waals surface area contributed by atoms with Gasteiger partial charge in [-0.1, -0.05) is 30.7 Å². The molecule has 3 aromatic heterocycles. The number of Topliss-reactive ketones (excluding diaryl/α,β-unsaturated/α-hetero) is 1. The number of amides is 3. The van der Waals surface area contributed by atoms with Crippen molar-refractivity contribution in [1.29, 1.82) is 0 Å². The predicted octanol–water partition coefficient (Wildman–Crippen LogP) is 6.27. The Labute approximate surface area is 345 Å². The van der Waals surface area contributed by atoms with Gasteiger partial charge in [-0.15, -0.1) is 0 Å². The number of ketones is 1. The molecule has 0 radical (unpaired) electrons. The number of carbonyl (C=O) groups excluding carboxylic acids is 4. The molecular formula is C43H47F2N9O6. The van der Waals surface area contributed by atoms with Gasteiger partial charge in [0, 0.05) is 37.6 Å². The van der Waals surface area contributed by atoms with Crippen LogP contribution in [-0.2, 0) is 16.0 Å². The van der Waals surface area contributed by atoms with Gasteiger partial charge in [-0.25, -0.2) is 18.3 Å². The number of benzene rings is 2. The third-order valence-electron chi connectivity index (χ3n) is 11.5. The lowest BCUT2D eigenvalue weighted by atomic mass is 9.86. The van der Waals surface area contributed by atoms with Crippen molar-refractivity contribution in [3.63, 3.8) is 0 Å². The number of unbranched alkanes of at least 4 members (excludes halogenated alkanes) is 2. The van der Waals surface area contributed by atoms with Gasteiger partial charge >= 0.3 is 0 Å². The summed E-state index contributed by atoms with van der Waals surface area (Å²) in [5.41, 5.74) is 1.11. The first-order valence-corrected chi connectivity index (χ1v) is 20.5. The molecule has 3 aliphatic rings. The Balaban J connectivity index is 0.795. The Kier molecular flexibility index (Phi) is 12.2. The number of nitrogens with one attached hydrogen (secondary N) is 2. The summed E-state index contributed by atoms with van der Waals surface area (Å²) in [6.07, 6.45) is 8.95. The van der Waals surface area contributed by atoms with Gasteiger partial charge in [0.2, 0.25) is 0 Å². The van der Waals surface area contributed by atoms with Gasteiger partial charge in [-0.2, -0.15) is 10.2 Å². The molecule has 314 valence electrons. The molecule has 60 heavy (non-hydrogen) atoms. The second kappa shape index (κ2) is 18.0. The standard InChI is InChI=1S/C43H47F2N9O6/c1-51(18-6-2-3-8-28-9-4-5-11-33(28)60-34-12-7-10-30-36(34)42(57)49-43(58)38(30)55)25-27-13-15-29(16-14-27)54-26-32(37(50-54)39(44)45)47-41(56)31-24-46-53-19-17-35(48-40(31)53)52-20-22-59-23-21-52/h4-5,7,9-12,17,19,24,26-27,29,39H,2-3,6,8,13-16,18,20-23,25H2,1H3,(H,47,56)(H,49,57,58)/t27-,29-. The smallest absolute Gasteiger partial charge is 0.299 e. The van der Waals surface area contributed by atoms with Crippen molar-refractivity contribution >= 4 is 40.7 Å². The van der Waals surface area contributed by atoms with E-state index in [0.29, 0.717) is 49.4 Å². The summed E-state index contributed by atoms with van der Waals surface area (Å²) in [5.74, 6) is -0.968. The van der Waals surface area contributed by atoms with E-state index >= 15 is 0 Å².